The van der Waals surface area contributed by atoms with Crippen molar-refractivity contribution in [2.75, 3.05) is 26.7 Å². The molecule has 0 saturated carbocycles. The second-order valence-electron chi connectivity index (χ2n) is 4.75. The number of rotatable bonds is 4. The molecule has 1 saturated heterocycles. The second kappa shape index (κ2) is 6.99. The normalized spacial score (nSPS) is 26.4. The average molecular weight is 274 g/mol. The maximum absolute atomic E-state index is 11.6. The molecule has 18 heavy (non-hydrogen) atoms. The molecule has 1 amide bonds. The number of esters is 1. The summed E-state index contributed by atoms with van der Waals surface area (Å²) in [5, 5.41) is 3.74. The molecule has 0 aromatic rings. The van der Waals surface area contributed by atoms with Gasteiger partial charge in [-0.3, -0.25) is 9.69 Å². The predicted octanol–water partition coefficient (Wildman–Crippen LogP) is 0.490. The Labute approximate surface area is 113 Å². The Morgan fingerprint density at radius 1 is 1.39 bits per heavy atom. The molecule has 6 heteroatoms. The first-order valence-electron chi connectivity index (χ1n) is 6.15. The van der Waals surface area contributed by atoms with Crippen molar-refractivity contribution in [2.24, 2.45) is 0 Å². The van der Waals surface area contributed by atoms with Crippen LogP contribution in [0.3, 0.4) is 0 Å². The van der Waals surface area contributed by atoms with Crippen LogP contribution in [0.1, 0.15) is 20.8 Å². The van der Waals surface area contributed by atoms with E-state index in [1.165, 1.54) is 14.0 Å². The van der Waals surface area contributed by atoms with Crippen molar-refractivity contribution in [2.45, 2.75) is 37.3 Å². The Kier molecular flexibility index (Phi) is 5.95. The van der Waals surface area contributed by atoms with E-state index >= 15 is 0 Å². The van der Waals surface area contributed by atoms with Crippen molar-refractivity contribution >= 4 is 23.6 Å². The van der Waals surface area contributed by atoms with E-state index in [9.17, 15) is 9.59 Å². The number of nitrogens with zero attached hydrogens (tertiary/aromatic N) is 1. The largest absolute Gasteiger partial charge is 0.467 e. The first-order valence-corrected chi connectivity index (χ1v) is 7.09. The molecule has 1 fully saturated rings. The van der Waals surface area contributed by atoms with Crippen LogP contribution in [0.2, 0.25) is 0 Å². The number of carbonyl (C=O) groups excluding carboxylic acids is 2. The molecule has 3 atom stereocenters. The third-order valence-corrected chi connectivity index (χ3v) is 4.03. The molecule has 5 nitrogen and oxygen atoms in total. The molecule has 1 rings (SSSR count). The summed E-state index contributed by atoms with van der Waals surface area (Å²) in [7, 11) is 1.34. The number of nitrogens with one attached hydrogen (secondary N) is 1. The molecule has 1 aliphatic heterocycles. The molecular formula is C12H22N2O3S. The molecule has 3 unspecified atom stereocenters. The first-order chi connectivity index (χ1) is 8.42. The van der Waals surface area contributed by atoms with Gasteiger partial charge in [0, 0.05) is 37.1 Å². The molecule has 1 heterocycles. The minimum absolute atomic E-state index is 0.210. The molecule has 104 valence electrons. The highest BCUT2D eigenvalue weighted by atomic mass is 32.2. The van der Waals surface area contributed by atoms with Crippen molar-refractivity contribution in [3.8, 4) is 0 Å². The number of methoxy groups -OCH3 is 1. The Hall–Kier alpha value is -0.750. The number of hydrogen-bond acceptors (Lipinski definition) is 5. The summed E-state index contributed by atoms with van der Waals surface area (Å²) in [5.74, 6) is -0.596. The predicted molar refractivity (Wildman–Crippen MR) is 72.6 cm³/mol. The molecular weight excluding hydrogens is 252 g/mol. The Balaban J connectivity index is 2.58. The van der Waals surface area contributed by atoms with Gasteiger partial charge >= 0.3 is 5.97 Å². The van der Waals surface area contributed by atoms with E-state index in [2.05, 4.69) is 24.1 Å². The summed E-state index contributed by atoms with van der Waals surface area (Å²) in [5.41, 5.74) is 0. The number of ether oxygens (including phenoxy) is 1. The van der Waals surface area contributed by atoms with Gasteiger partial charge in [0.2, 0.25) is 5.91 Å². The monoisotopic (exact) mass is 274 g/mol. The van der Waals surface area contributed by atoms with Gasteiger partial charge in [-0.1, -0.05) is 13.8 Å². The van der Waals surface area contributed by atoms with Gasteiger partial charge in [-0.05, 0) is 0 Å². The second-order valence-corrected chi connectivity index (χ2v) is 6.63. The lowest BCUT2D eigenvalue weighted by Gasteiger charge is -2.36. The Bertz CT molecular complexity index is 302. The topological polar surface area (TPSA) is 58.6 Å². The van der Waals surface area contributed by atoms with Crippen LogP contribution in [0.5, 0.6) is 0 Å². The third kappa shape index (κ3) is 4.86. The highest BCUT2D eigenvalue weighted by molar-refractivity contribution is 8.00. The van der Waals surface area contributed by atoms with Gasteiger partial charge in [-0.2, -0.15) is 11.8 Å². The summed E-state index contributed by atoms with van der Waals surface area (Å²) >= 11 is 1.95. The van der Waals surface area contributed by atoms with Crippen LogP contribution < -0.4 is 5.32 Å². The van der Waals surface area contributed by atoms with Gasteiger partial charge in [-0.15, -0.1) is 0 Å². The fourth-order valence-corrected chi connectivity index (χ4v) is 3.65. The third-order valence-electron chi connectivity index (χ3n) is 2.80. The van der Waals surface area contributed by atoms with E-state index in [-0.39, 0.29) is 11.9 Å². The fourth-order valence-electron chi connectivity index (χ4n) is 2.26. The van der Waals surface area contributed by atoms with Crippen molar-refractivity contribution in [3.63, 3.8) is 0 Å². The van der Waals surface area contributed by atoms with Gasteiger partial charge < -0.3 is 10.1 Å². The lowest BCUT2D eigenvalue weighted by molar-refractivity contribution is -0.145. The SMILES string of the molecule is COC(=O)C(CN1CC(C)SC(C)C1)NC(C)=O. The number of carbonyl (C=O) groups is 2. The zero-order valence-electron chi connectivity index (χ0n) is 11.4. The highest BCUT2D eigenvalue weighted by Gasteiger charge is 2.28. The molecule has 0 aromatic carbocycles. The highest BCUT2D eigenvalue weighted by Crippen LogP contribution is 2.24. The van der Waals surface area contributed by atoms with Crippen molar-refractivity contribution in [1.29, 1.82) is 0 Å². The van der Waals surface area contributed by atoms with Crippen LogP contribution in [0.25, 0.3) is 0 Å². The van der Waals surface area contributed by atoms with Crippen LogP contribution in [0.4, 0.5) is 0 Å². The molecule has 1 aliphatic rings. The lowest BCUT2D eigenvalue weighted by Crippen LogP contribution is -2.52. The van der Waals surface area contributed by atoms with Gasteiger partial charge in [0.1, 0.15) is 6.04 Å². The van der Waals surface area contributed by atoms with E-state index < -0.39 is 6.04 Å². The standard InChI is InChI=1S/C12H22N2O3S/c1-8-5-14(6-9(2)18-8)7-11(12(16)17-4)13-10(3)15/h8-9,11H,5-7H2,1-4H3,(H,13,15). The summed E-state index contributed by atoms with van der Waals surface area (Å²) < 4.78 is 4.72. The van der Waals surface area contributed by atoms with Crippen LogP contribution in [0.15, 0.2) is 0 Å². The summed E-state index contributed by atoms with van der Waals surface area (Å²) in [6, 6.07) is -0.574. The molecule has 0 radical (unpaired) electrons. The molecule has 0 aliphatic carbocycles. The van der Waals surface area contributed by atoms with Crippen LogP contribution in [0, 0.1) is 0 Å². The zero-order chi connectivity index (χ0) is 13.7. The molecule has 0 bridgehead atoms. The zero-order valence-corrected chi connectivity index (χ0v) is 12.3. The molecule has 0 aromatic heterocycles. The van der Waals surface area contributed by atoms with E-state index in [0.717, 1.165) is 13.1 Å². The quantitative estimate of drug-likeness (QED) is 0.756. The van der Waals surface area contributed by atoms with Gasteiger partial charge in [-0.25, -0.2) is 4.79 Å². The van der Waals surface area contributed by atoms with E-state index in [1.54, 1.807) is 0 Å². The number of amides is 1. The maximum atomic E-state index is 11.6. The van der Waals surface area contributed by atoms with Crippen LogP contribution in [-0.2, 0) is 14.3 Å². The van der Waals surface area contributed by atoms with Gasteiger partial charge in [0.25, 0.3) is 0 Å². The molecule has 1 N–H and O–H groups in total. The summed E-state index contributed by atoms with van der Waals surface area (Å²) in [6.07, 6.45) is 0. The van der Waals surface area contributed by atoms with E-state index in [0.29, 0.717) is 17.0 Å². The fraction of sp³-hybridized carbons (Fsp3) is 0.833. The maximum Gasteiger partial charge on any atom is 0.329 e. The Morgan fingerprint density at radius 2 is 1.94 bits per heavy atom. The van der Waals surface area contributed by atoms with E-state index in [1.807, 2.05) is 11.8 Å². The number of thioether (sulfide) groups is 1. The van der Waals surface area contributed by atoms with Crippen LogP contribution >= 0.6 is 11.8 Å². The van der Waals surface area contributed by atoms with Crippen molar-refractivity contribution < 1.29 is 14.3 Å². The van der Waals surface area contributed by atoms with Crippen LogP contribution in [-0.4, -0.2) is 60.1 Å². The van der Waals surface area contributed by atoms with Gasteiger partial charge in [0.05, 0.1) is 7.11 Å². The van der Waals surface area contributed by atoms with Gasteiger partial charge in [0.15, 0.2) is 0 Å². The lowest BCUT2D eigenvalue weighted by atomic mass is 10.2. The molecule has 0 spiro atoms. The number of hydrogen-bond donors (Lipinski definition) is 1. The average Bonchev–Trinajstić information content (AvgIpc) is 2.25. The minimum atomic E-state index is -0.574. The smallest absolute Gasteiger partial charge is 0.329 e. The first kappa shape index (κ1) is 15.3. The van der Waals surface area contributed by atoms with Crippen molar-refractivity contribution in [3.05, 3.63) is 0 Å². The summed E-state index contributed by atoms with van der Waals surface area (Å²) in [6.45, 7) is 8.15. The summed E-state index contributed by atoms with van der Waals surface area (Å²) in [4.78, 5) is 24.9. The van der Waals surface area contributed by atoms with Crippen molar-refractivity contribution in [1.82, 2.24) is 10.2 Å². The Morgan fingerprint density at radius 3 is 2.39 bits per heavy atom. The van der Waals surface area contributed by atoms with E-state index in [4.69, 9.17) is 4.74 Å². The minimum Gasteiger partial charge on any atom is -0.467 e.